The van der Waals surface area contributed by atoms with Gasteiger partial charge in [0.1, 0.15) is 5.75 Å². The van der Waals surface area contributed by atoms with Crippen molar-refractivity contribution in [3.8, 4) is 11.5 Å². The SMILES string of the molecule is CS(=O)Cc1cccc(C(=O)OCC(=O)Nc2ccccc2Oc2ccccc2)c1. The summed E-state index contributed by atoms with van der Waals surface area (Å²) in [4.78, 5) is 24.5. The first kappa shape index (κ1) is 21.3. The van der Waals surface area contributed by atoms with Crippen LogP contribution in [-0.4, -0.2) is 28.9 Å². The molecule has 1 unspecified atom stereocenters. The summed E-state index contributed by atoms with van der Waals surface area (Å²) in [5, 5.41) is 2.69. The van der Waals surface area contributed by atoms with Crippen LogP contribution in [0.15, 0.2) is 78.9 Å². The van der Waals surface area contributed by atoms with E-state index in [9.17, 15) is 13.8 Å². The molecule has 0 aliphatic carbocycles. The summed E-state index contributed by atoms with van der Waals surface area (Å²) in [6, 6.07) is 22.9. The molecule has 3 aromatic carbocycles. The van der Waals surface area contributed by atoms with E-state index >= 15 is 0 Å². The number of ether oxygens (including phenoxy) is 2. The van der Waals surface area contributed by atoms with Gasteiger partial charge in [-0.3, -0.25) is 9.00 Å². The molecule has 1 amide bonds. The second kappa shape index (κ2) is 10.4. The number of carbonyl (C=O) groups is 2. The van der Waals surface area contributed by atoms with E-state index in [4.69, 9.17) is 9.47 Å². The monoisotopic (exact) mass is 423 g/mol. The lowest BCUT2D eigenvalue weighted by Crippen LogP contribution is -2.21. The van der Waals surface area contributed by atoms with Gasteiger partial charge in [-0.2, -0.15) is 0 Å². The van der Waals surface area contributed by atoms with Gasteiger partial charge in [-0.05, 0) is 42.0 Å². The molecule has 0 fully saturated rings. The van der Waals surface area contributed by atoms with E-state index in [0.717, 1.165) is 5.56 Å². The van der Waals surface area contributed by atoms with Gasteiger partial charge in [0.25, 0.3) is 5.91 Å². The van der Waals surface area contributed by atoms with E-state index in [0.29, 0.717) is 28.5 Å². The molecule has 0 saturated carbocycles. The Hall–Kier alpha value is -3.45. The Bertz CT molecular complexity index is 1050. The summed E-state index contributed by atoms with van der Waals surface area (Å²) in [6.45, 7) is -0.442. The van der Waals surface area contributed by atoms with Crippen LogP contribution in [0.3, 0.4) is 0 Å². The van der Waals surface area contributed by atoms with Crippen LogP contribution in [0.4, 0.5) is 5.69 Å². The summed E-state index contributed by atoms with van der Waals surface area (Å²) in [7, 11) is -1.02. The molecule has 3 aromatic rings. The summed E-state index contributed by atoms with van der Waals surface area (Å²) in [6.07, 6.45) is 1.59. The fourth-order valence-electron chi connectivity index (χ4n) is 2.70. The van der Waals surface area contributed by atoms with Crippen molar-refractivity contribution in [2.45, 2.75) is 5.75 Å². The van der Waals surface area contributed by atoms with Crippen molar-refractivity contribution >= 4 is 28.4 Å². The molecule has 0 aromatic heterocycles. The Kier molecular flexibility index (Phi) is 7.34. The van der Waals surface area contributed by atoms with E-state index in [-0.39, 0.29) is 0 Å². The molecule has 30 heavy (non-hydrogen) atoms. The van der Waals surface area contributed by atoms with Crippen LogP contribution in [0.25, 0.3) is 0 Å². The van der Waals surface area contributed by atoms with Crippen LogP contribution in [0.2, 0.25) is 0 Å². The first-order chi connectivity index (χ1) is 14.5. The third kappa shape index (κ3) is 6.28. The topological polar surface area (TPSA) is 81.7 Å². The zero-order valence-electron chi connectivity index (χ0n) is 16.4. The van der Waals surface area contributed by atoms with Crippen LogP contribution in [-0.2, 0) is 26.1 Å². The fraction of sp³-hybridized carbons (Fsp3) is 0.130. The Balaban J connectivity index is 1.59. The number of esters is 1. The van der Waals surface area contributed by atoms with Crippen molar-refractivity contribution in [3.05, 3.63) is 90.0 Å². The van der Waals surface area contributed by atoms with Crippen molar-refractivity contribution in [1.82, 2.24) is 0 Å². The molecule has 0 saturated heterocycles. The minimum atomic E-state index is -1.02. The Labute approximate surface area is 177 Å². The van der Waals surface area contributed by atoms with Gasteiger partial charge in [0.15, 0.2) is 12.4 Å². The van der Waals surface area contributed by atoms with E-state index in [1.54, 1.807) is 54.8 Å². The predicted molar refractivity (Wildman–Crippen MR) is 116 cm³/mol. The molecule has 0 radical (unpaired) electrons. The van der Waals surface area contributed by atoms with Crippen molar-refractivity contribution in [2.24, 2.45) is 0 Å². The van der Waals surface area contributed by atoms with Crippen molar-refractivity contribution in [3.63, 3.8) is 0 Å². The summed E-state index contributed by atoms with van der Waals surface area (Å²) >= 11 is 0. The van der Waals surface area contributed by atoms with Gasteiger partial charge in [-0.15, -0.1) is 0 Å². The number of carbonyl (C=O) groups excluding carboxylic acids is 2. The first-order valence-electron chi connectivity index (χ1n) is 9.19. The molecule has 0 aliphatic rings. The number of amides is 1. The highest BCUT2D eigenvalue weighted by Crippen LogP contribution is 2.29. The van der Waals surface area contributed by atoms with E-state index < -0.39 is 29.3 Å². The molecular weight excluding hydrogens is 402 g/mol. The first-order valence-corrected chi connectivity index (χ1v) is 10.9. The molecule has 1 atom stereocenters. The van der Waals surface area contributed by atoms with Crippen LogP contribution < -0.4 is 10.1 Å². The zero-order valence-corrected chi connectivity index (χ0v) is 17.2. The van der Waals surface area contributed by atoms with Gasteiger partial charge in [0.05, 0.1) is 11.3 Å². The van der Waals surface area contributed by atoms with E-state index in [2.05, 4.69) is 5.32 Å². The van der Waals surface area contributed by atoms with Crippen molar-refractivity contribution in [2.75, 3.05) is 18.2 Å². The maximum Gasteiger partial charge on any atom is 0.338 e. The lowest BCUT2D eigenvalue weighted by atomic mass is 10.1. The number of anilines is 1. The van der Waals surface area contributed by atoms with Crippen LogP contribution in [0, 0.1) is 0 Å². The molecular formula is C23H21NO5S. The van der Waals surface area contributed by atoms with Crippen molar-refractivity contribution < 1.29 is 23.3 Å². The molecule has 154 valence electrons. The van der Waals surface area contributed by atoms with Gasteiger partial charge in [0.2, 0.25) is 0 Å². The highest BCUT2D eigenvalue weighted by atomic mass is 32.2. The summed E-state index contributed by atoms with van der Waals surface area (Å²) in [5.41, 5.74) is 1.54. The second-order valence-corrected chi connectivity index (χ2v) is 7.89. The lowest BCUT2D eigenvalue weighted by Gasteiger charge is -2.12. The second-order valence-electron chi connectivity index (χ2n) is 6.45. The molecule has 6 nitrogen and oxygen atoms in total. The minimum absolute atomic E-state index is 0.304. The number of hydrogen-bond acceptors (Lipinski definition) is 5. The van der Waals surface area contributed by atoms with Crippen LogP contribution >= 0.6 is 0 Å². The van der Waals surface area contributed by atoms with Gasteiger partial charge in [-0.1, -0.05) is 42.5 Å². The number of benzene rings is 3. The normalized spacial score (nSPS) is 11.4. The molecule has 0 spiro atoms. The highest BCUT2D eigenvalue weighted by molar-refractivity contribution is 7.83. The smallest absolute Gasteiger partial charge is 0.338 e. The molecule has 3 rings (SSSR count). The maximum absolute atomic E-state index is 12.3. The van der Waals surface area contributed by atoms with Gasteiger partial charge < -0.3 is 14.8 Å². The maximum atomic E-state index is 12.3. The Morgan fingerprint density at radius 1 is 0.933 bits per heavy atom. The molecule has 7 heteroatoms. The van der Waals surface area contributed by atoms with Crippen molar-refractivity contribution in [1.29, 1.82) is 0 Å². The van der Waals surface area contributed by atoms with Gasteiger partial charge in [-0.25, -0.2) is 4.79 Å². The number of para-hydroxylation sites is 3. The number of nitrogens with one attached hydrogen (secondary N) is 1. The Morgan fingerprint density at radius 3 is 2.43 bits per heavy atom. The standard InChI is InChI=1S/C23H21NO5S/c1-30(27)16-17-8-7-9-18(14-17)23(26)28-15-22(25)24-20-12-5-6-13-21(20)29-19-10-3-2-4-11-19/h2-14H,15-16H2,1H3,(H,24,25). The quantitative estimate of drug-likeness (QED) is 0.551. The molecule has 0 bridgehead atoms. The van der Waals surface area contributed by atoms with E-state index in [1.165, 1.54) is 0 Å². The zero-order chi connectivity index (χ0) is 21.3. The fourth-order valence-corrected chi connectivity index (χ4v) is 3.35. The van der Waals surface area contributed by atoms with Gasteiger partial charge >= 0.3 is 5.97 Å². The number of rotatable bonds is 8. The van der Waals surface area contributed by atoms with Crippen LogP contribution in [0.1, 0.15) is 15.9 Å². The van der Waals surface area contributed by atoms with Crippen LogP contribution in [0.5, 0.6) is 11.5 Å². The average Bonchev–Trinajstić information content (AvgIpc) is 2.74. The third-order valence-corrected chi connectivity index (χ3v) is 4.74. The largest absolute Gasteiger partial charge is 0.455 e. The third-order valence-electron chi connectivity index (χ3n) is 4.00. The number of hydrogen-bond donors (Lipinski definition) is 1. The Morgan fingerprint density at radius 2 is 1.67 bits per heavy atom. The van der Waals surface area contributed by atoms with Gasteiger partial charge in [0, 0.05) is 22.8 Å². The molecule has 0 aliphatic heterocycles. The predicted octanol–water partition coefficient (Wildman–Crippen LogP) is 4.15. The lowest BCUT2D eigenvalue weighted by molar-refractivity contribution is -0.119. The summed E-state index contributed by atoms with van der Waals surface area (Å²) in [5.74, 6) is 0.350. The minimum Gasteiger partial charge on any atom is -0.455 e. The molecule has 0 heterocycles. The molecule has 1 N–H and O–H groups in total. The summed E-state index contributed by atoms with van der Waals surface area (Å²) < 4.78 is 22.3. The van der Waals surface area contributed by atoms with E-state index in [1.807, 2.05) is 30.3 Å². The highest BCUT2D eigenvalue weighted by Gasteiger charge is 2.13. The average molecular weight is 423 g/mol.